The summed E-state index contributed by atoms with van der Waals surface area (Å²) in [4.78, 5) is 14.0. The lowest BCUT2D eigenvalue weighted by atomic mass is 9.97. The predicted molar refractivity (Wildman–Crippen MR) is 121 cm³/mol. The van der Waals surface area contributed by atoms with Crippen LogP contribution in [-0.2, 0) is 0 Å². The van der Waals surface area contributed by atoms with Crippen molar-refractivity contribution in [2.75, 3.05) is 5.73 Å². The summed E-state index contributed by atoms with van der Waals surface area (Å²) in [6, 6.07) is 24.2. The number of aromatic nitrogens is 2. The molecule has 0 bridgehead atoms. The Morgan fingerprint density at radius 3 is 2.37 bits per heavy atom. The molecular formula is C24H17N3O2S. The van der Waals surface area contributed by atoms with Crippen molar-refractivity contribution in [1.82, 2.24) is 10.2 Å². The number of hydrogen-bond donors (Lipinski definition) is 3. The monoisotopic (exact) mass is 411 g/mol. The third-order valence-corrected chi connectivity index (χ3v) is 6.15. The Labute approximate surface area is 176 Å². The zero-order chi connectivity index (χ0) is 20.7. The maximum absolute atomic E-state index is 13.3. The van der Waals surface area contributed by atoms with E-state index in [-0.39, 0.29) is 11.5 Å². The lowest BCUT2D eigenvalue weighted by Gasteiger charge is -2.07. The molecular weight excluding hydrogens is 394 g/mol. The number of fused-ring (bicyclic) bond motifs is 1. The smallest absolute Gasteiger partial charge is 0.203 e. The summed E-state index contributed by atoms with van der Waals surface area (Å²) >= 11 is 1.40. The van der Waals surface area contributed by atoms with E-state index in [1.165, 1.54) is 11.3 Å². The Bertz CT molecular complexity index is 1370. The quantitative estimate of drug-likeness (QED) is 0.342. The van der Waals surface area contributed by atoms with Gasteiger partial charge in [-0.15, -0.1) is 11.3 Å². The van der Waals surface area contributed by atoms with Crippen LogP contribution in [0.5, 0.6) is 5.75 Å². The van der Waals surface area contributed by atoms with E-state index in [1.807, 2.05) is 60.7 Å². The summed E-state index contributed by atoms with van der Waals surface area (Å²) in [6.45, 7) is 0. The van der Waals surface area contributed by atoms with Gasteiger partial charge in [-0.3, -0.25) is 9.89 Å². The first-order valence-corrected chi connectivity index (χ1v) is 10.2. The molecule has 5 nitrogen and oxygen atoms in total. The molecule has 0 saturated heterocycles. The fraction of sp³-hybridized carbons (Fsp3) is 0. The summed E-state index contributed by atoms with van der Waals surface area (Å²) in [7, 11) is 0. The van der Waals surface area contributed by atoms with E-state index in [2.05, 4.69) is 10.2 Å². The van der Waals surface area contributed by atoms with Crippen molar-refractivity contribution in [3.05, 3.63) is 89.3 Å². The second-order valence-corrected chi connectivity index (χ2v) is 8.02. The molecule has 0 spiro atoms. The van der Waals surface area contributed by atoms with E-state index < -0.39 is 0 Å². The van der Waals surface area contributed by atoms with Crippen LogP contribution < -0.4 is 5.73 Å². The van der Waals surface area contributed by atoms with Crippen LogP contribution in [0.4, 0.5) is 5.82 Å². The molecule has 0 radical (unpaired) electrons. The number of H-pyrrole nitrogens is 1. The molecule has 0 fully saturated rings. The third-order valence-electron chi connectivity index (χ3n) is 5.00. The van der Waals surface area contributed by atoms with Crippen LogP contribution >= 0.6 is 11.3 Å². The van der Waals surface area contributed by atoms with E-state index in [9.17, 15) is 9.90 Å². The van der Waals surface area contributed by atoms with Crippen molar-refractivity contribution in [2.24, 2.45) is 0 Å². The number of phenolic OH excluding ortho intramolecular Hbond substituents is 1. The van der Waals surface area contributed by atoms with Crippen molar-refractivity contribution in [3.63, 3.8) is 0 Å². The molecule has 0 amide bonds. The Kier molecular flexibility index (Phi) is 4.34. The first kappa shape index (κ1) is 18.1. The van der Waals surface area contributed by atoms with Crippen molar-refractivity contribution in [1.29, 1.82) is 0 Å². The summed E-state index contributed by atoms with van der Waals surface area (Å²) in [5.74, 6) is 0.589. The van der Waals surface area contributed by atoms with E-state index in [4.69, 9.17) is 5.73 Å². The highest BCUT2D eigenvalue weighted by molar-refractivity contribution is 7.21. The molecule has 2 heterocycles. The van der Waals surface area contributed by atoms with E-state index in [0.29, 0.717) is 16.3 Å². The first-order chi connectivity index (χ1) is 14.6. The highest BCUT2D eigenvalue weighted by Crippen LogP contribution is 2.41. The van der Waals surface area contributed by atoms with E-state index in [1.54, 1.807) is 18.2 Å². The molecule has 0 aliphatic heterocycles. The minimum atomic E-state index is -0.0308. The van der Waals surface area contributed by atoms with Crippen molar-refractivity contribution in [2.45, 2.75) is 0 Å². The van der Waals surface area contributed by atoms with Gasteiger partial charge in [-0.2, -0.15) is 5.10 Å². The number of aromatic amines is 1. The van der Waals surface area contributed by atoms with Gasteiger partial charge in [0, 0.05) is 27.3 Å². The van der Waals surface area contributed by atoms with E-state index >= 15 is 0 Å². The summed E-state index contributed by atoms with van der Waals surface area (Å²) in [5.41, 5.74) is 9.94. The largest absolute Gasteiger partial charge is 0.508 e. The molecule has 0 unspecified atom stereocenters. The van der Waals surface area contributed by atoms with Crippen LogP contribution in [0.3, 0.4) is 0 Å². The SMILES string of the molecule is Nc1cc(-c2ccc(-c3c(C(=O)c4ccccc4)sc4cc(O)ccc34)cc2)[nH]n1. The zero-order valence-corrected chi connectivity index (χ0v) is 16.6. The Balaban J connectivity index is 1.66. The average Bonchev–Trinajstić information content (AvgIpc) is 3.37. The molecule has 6 heteroatoms. The molecule has 0 aliphatic carbocycles. The minimum Gasteiger partial charge on any atom is -0.508 e. The van der Waals surface area contributed by atoms with Gasteiger partial charge in [-0.25, -0.2) is 0 Å². The van der Waals surface area contributed by atoms with Gasteiger partial charge in [-0.05, 0) is 29.3 Å². The van der Waals surface area contributed by atoms with Crippen LogP contribution in [0, 0.1) is 0 Å². The van der Waals surface area contributed by atoms with Crippen molar-refractivity contribution >= 4 is 33.0 Å². The molecule has 146 valence electrons. The lowest BCUT2D eigenvalue weighted by Crippen LogP contribution is -2.00. The van der Waals surface area contributed by atoms with Crippen LogP contribution in [0.1, 0.15) is 15.2 Å². The topological polar surface area (TPSA) is 92.0 Å². The number of hydrogen-bond acceptors (Lipinski definition) is 5. The number of nitrogens with zero attached hydrogens (tertiary/aromatic N) is 1. The number of aromatic hydroxyl groups is 1. The maximum Gasteiger partial charge on any atom is 0.203 e. The number of ketones is 1. The van der Waals surface area contributed by atoms with Crippen molar-refractivity contribution < 1.29 is 9.90 Å². The normalized spacial score (nSPS) is 11.1. The van der Waals surface area contributed by atoms with Gasteiger partial charge in [0.2, 0.25) is 5.78 Å². The number of nitrogens with one attached hydrogen (secondary N) is 1. The first-order valence-electron chi connectivity index (χ1n) is 9.37. The molecule has 0 saturated carbocycles. The molecule has 30 heavy (non-hydrogen) atoms. The van der Waals surface area contributed by atoms with E-state index in [0.717, 1.165) is 32.5 Å². The standard InChI is InChI=1S/C24H17N3O2S/c25-21-13-19(26-27-21)14-6-8-15(9-7-14)22-18-11-10-17(28)12-20(18)30-24(22)23(29)16-4-2-1-3-5-16/h1-13,28H,(H3,25,26,27). The predicted octanol–water partition coefficient (Wildman–Crippen LogP) is 5.48. The van der Waals surface area contributed by atoms with Crippen LogP contribution in [0.25, 0.3) is 32.5 Å². The Morgan fingerprint density at radius 1 is 0.933 bits per heavy atom. The number of thiophene rings is 1. The fourth-order valence-electron chi connectivity index (χ4n) is 3.55. The van der Waals surface area contributed by atoms with Gasteiger partial charge in [0.1, 0.15) is 11.6 Å². The maximum atomic E-state index is 13.3. The molecule has 4 N–H and O–H groups in total. The van der Waals surface area contributed by atoms with Gasteiger partial charge in [0.25, 0.3) is 0 Å². The third kappa shape index (κ3) is 3.13. The highest BCUT2D eigenvalue weighted by atomic mass is 32.1. The van der Waals surface area contributed by atoms with Gasteiger partial charge in [0.15, 0.2) is 0 Å². The zero-order valence-electron chi connectivity index (χ0n) is 15.8. The second-order valence-electron chi connectivity index (χ2n) is 6.97. The minimum absolute atomic E-state index is 0.0308. The molecule has 3 aromatic carbocycles. The number of nitrogen functional groups attached to an aromatic ring is 1. The number of carbonyl (C=O) groups excluding carboxylic acids is 1. The molecule has 0 atom stereocenters. The van der Waals surface area contributed by atoms with Gasteiger partial charge in [0.05, 0.1) is 10.6 Å². The molecule has 5 rings (SSSR count). The summed E-state index contributed by atoms with van der Waals surface area (Å²) < 4.78 is 0.870. The van der Waals surface area contributed by atoms with Gasteiger partial charge < -0.3 is 10.8 Å². The number of anilines is 1. The van der Waals surface area contributed by atoms with Crippen LogP contribution in [-0.4, -0.2) is 21.1 Å². The molecule has 2 aromatic heterocycles. The molecule has 5 aromatic rings. The number of benzene rings is 3. The van der Waals surface area contributed by atoms with Crippen molar-refractivity contribution in [3.8, 4) is 28.1 Å². The average molecular weight is 411 g/mol. The second kappa shape index (κ2) is 7.17. The summed E-state index contributed by atoms with van der Waals surface area (Å²) in [5, 5.41) is 17.7. The van der Waals surface area contributed by atoms with Crippen LogP contribution in [0.15, 0.2) is 78.9 Å². The van der Waals surface area contributed by atoms with Gasteiger partial charge in [-0.1, -0.05) is 54.6 Å². The highest BCUT2D eigenvalue weighted by Gasteiger charge is 2.21. The Hall–Kier alpha value is -3.90. The lowest BCUT2D eigenvalue weighted by molar-refractivity contribution is 0.104. The number of carbonyl (C=O) groups is 1. The van der Waals surface area contributed by atoms with Gasteiger partial charge >= 0.3 is 0 Å². The number of rotatable bonds is 4. The number of nitrogens with two attached hydrogens (primary N) is 1. The Morgan fingerprint density at radius 2 is 1.67 bits per heavy atom. The molecule has 0 aliphatic rings. The van der Waals surface area contributed by atoms with Crippen LogP contribution in [0.2, 0.25) is 0 Å². The fourth-order valence-corrected chi connectivity index (χ4v) is 4.77. The summed E-state index contributed by atoms with van der Waals surface area (Å²) in [6.07, 6.45) is 0. The number of phenols is 1.